The Balaban J connectivity index is 4.66. The van der Waals surface area contributed by atoms with Crippen LogP contribution in [0.4, 0.5) is 0 Å². The average molecular weight is 237 g/mol. The number of nitrogens with zero attached hydrogens (tertiary/aromatic N) is 3. The third-order valence-corrected chi connectivity index (χ3v) is 2.23. The van der Waals surface area contributed by atoms with Crippen molar-refractivity contribution in [3.05, 3.63) is 12.2 Å². The number of hydrazone groups is 1. The van der Waals surface area contributed by atoms with Gasteiger partial charge in [-0.1, -0.05) is 19.4 Å². The van der Waals surface area contributed by atoms with Crippen LogP contribution in [-0.4, -0.2) is 35.9 Å². The molecule has 0 atom stereocenters. The fourth-order valence-corrected chi connectivity index (χ4v) is 1.30. The molecule has 0 rings (SSSR count). The van der Waals surface area contributed by atoms with E-state index < -0.39 is 0 Å². The van der Waals surface area contributed by atoms with Crippen molar-refractivity contribution in [3.8, 4) is 0 Å². The Hall–Kier alpha value is -1.45. The van der Waals surface area contributed by atoms with Crippen molar-refractivity contribution in [1.29, 1.82) is 0 Å². The van der Waals surface area contributed by atoms with Crippen LogP contribution in [0.5, 0.6) is 0 Å². The lowest BCUT2D eigenvalue weighted by molar-refractivity contribution is -0.112. The van der Waals surface area contributed by atoms with Crippen LogP contribution in [-0.2, 0) is 4.79 Å². The maximum Gasteiger partial charge on any atom is 0.152 e. The molecule has 4 nitrogen and oxygen atoms in total. The minimum Gasteiger partial charge on any atom is -0.295 e. The van der Waals surface area contributed by atoms with Crippen molar-refractivity contribution in [3.63, 3.8) is 0 Å². The molecule has 0 aliphatic heterocycles. The van der Waals surface area contributed by atoms with Crippen molar-refractivity contribution in [2.24, 2.45) is 10.1 Å². The summed E-state index contributed by atoms with van der Waals surface area (Å²) < 4.78 is 0. The molecule has 0 bridgehead atoms. The maximum absolute atomic E-state index is 10.8. The molecule has 0 aliphatic rings. The van der Waals surface area contributed by atoms with E-state index in [0.717, 1.165) is 24.4 Å². The molecular weight excluding hydrogens is 214 g/mol. The van der Waals surface area contributed by atoms with Crippen LogP contribution < -0.4 is 0 Å². The van der Waals surface area contributed by atoms with Gasteiger partial charge in [0.15, 0.2) is 5.78 Å². The largest absolute Gasteiger partial charge is 0.295 e. The van der Waals surface area contributed by atoms with Crippen LogP contribution in [0.1, 0.15) is 40.5 Å². The third kappa shape index (κ3) is 7.44. The molecule has 0 radical (unpaired) electrons. The molecule has 0 aliphatic carbocycles. The predicted octanol–water partition coefficient (Wildman–Crippen LogP) is 2.66. The Morgan fingerprint density at radius 2 is 1.94 bits per heavy atom. The highest BCUT2D eigenvalue weighted by atomic mass is 16.1. The average Bonchev–Trinajstić information content (AvgIpc) is 2.26. The minimum absolute atomic E-state index is 0.0466. The Kier molecular flexibility index (Phi) is 7.93. The SMILES string of the molecule is CCC/C(C)=N\N(C/C=C/C(C)=O)C(C)=NC. The first-order valence-electron chi connectivity index (χ1n) is 5.93. The molecule has 0 aromatic carbocycles. The number of aliphatic imine (C=N–C) groups is 1. The van der Waals surface area contributed by atoms with E-state index in [1.54, 1.807) is 19.2 Å². The van der Waals surface area contributed by atoms with Crippen LogP contribution in [0.15, 0.2) is 22.2 Å². The van der Waals surface area contributed by atoms with Gasteiger partial charge in [-0.05, 0) is 33.3 Å². The van der Waals surface area contributed by atoms with Crippen LogP contribution in [0, 0.1) is 0 Å². The molecule has 17 heavy (non-hydrogen) atoms. The van der Waals surface area contributed by atoms with E-state index in [1.807, 2.05) is 18.9 Å². The molecule has 0 aromatic heterocycles. The van der Waals surface area contributed by atoms with Gasteiger partial charge in [-0.15, -0.1) is 0 Å². The van der Waals surface area contributed by atoms with E-state index in [0.29, 0.717) is 6.54 Å². The molecule has 0 N–H and O–H groups in total. The molecule has 0 saturated carbocycles. The van der Waals surface area contributed by atoms with E-state index in [4.69, 9.17) is 0 Å². The molecule has 0 amide bonds. The Morgan fingerprint density at radius 1 is 1.29 bits per heavy atom. The summed E-state index contributed by atoms with van der Waals surface area (Å²) in [5.41, 5.74) is 1.08. The van der Waals surface area contributed by atoms with Crippen LogP contribution in [0.3, 0.4) is 0 Å². The molecule has 0 unspecified atom stereocenters. The lowest BCUT2D eigenvalue weighted by atomic mass is 10.2. The topological polar surface area (TPSA) is 45.0 Å². The standard InChI is InChI=1S/C13H23N3O/c1-6-8-11(2)15-16(13(4)14-5)10-7-9-12(3)17/h7,9H,6,8,10H2,1-5H3/b9-7+,14-13?,15-11-. The number of allylic oxidation sites excluding steroid dienone is 1. The first kappa shape index (κ1) is 15.6. The zero-order chi connectivity index (χ0) is 13.3. The Morgan fingerprint density at radius 3 is 2.41 bits per heavy atom. The molecule has 0 aromatic rings. The van der Waals surface area contributed by atoms with E-state index in [9.17, 15) is 4.79 Å². The molecule has 0 heterocycles. The fourth-order valence-electron chi connectivity index (χ4n) is 1.30. The second kappa shape index (κ2) is 8.67. The van der Waals surface area contributed by atoms with Gasteiger partial charge < -0.3 is 0 Å². The van der Waals surface area contributed by atoms with Crippen molar-refractivity contribution >= 4 is 17.3 Å². The Bertz CT molecular complexity index is 330. The van der Waals surface area contributed by atoms with Crippen LogP contribution in [0.2, 0.25) is 0 Å². The van der Waals surface area contributed by atoms with Crippen LogP contribution in [0.25, 0.3) is 0 Å². The summed E-state index contributed by atoms with van der Waals surface area (Å²) in [5.74, 6) is 0.888. The Labute approximate surface area is 104 Å². The second-order valence-corrected chi connectivity index (χ2v) is 3.95. The molecule has 4 heteroatoms. The fraction of sp³-hybridized carbons (Fsp3) is 0.615. The summed E-state index contributed by atoms with van der Waals surface area (Å²) in [5, 5.41) is 6.30. The summed E-state index contributed by atoms with van der Waals surface area (Å²) in [6.45, 7) is 8.15. The van der Waals surface area contributed by atoms with E-state index in [2.05, 4.69) is 17.0 Å². The van der Waals surface area contributed by atoms with E-state index >= 15 is 0 Å². The van der Waals surface area contributed by atoms with Gasteiger partial charge in [0.25, 0.3) is 0 Å². The maximum atomic E-state index is 10.8. The number of carbonyl (C=O) groups is 1. The van der Waals surface area contributed by atoms with Crippen molar-refractivity contribution in [2.75, 3.05) is 13.6 Å². The summed E-state index contributed by atoms with van der Waals surface area (Å²) in [6.07, 6.45) is 5.42. The number of carbonyl (C=O) groups excluding carboxylic acids is 1. The molecule has 0 saturated heterocycles. The summed E-state index contributed by atoms with van der Waals surface area (Å²) in [4.78, 5) is 14.9. The second-order valence-electron chi connectivity index (χ2n) is 3.95. The number of ketones is 1. The van der Waals surface area contributed by atoms with Gasteiger partial charge in [-0.25, -0.2) is 5.01 Å². The van der Waals surface area contributed by atoms with Gasteiger partial charge in [-0.3, -0.25) is 9.79 Å². The third-order valence-electron chi connectivity index (χ3n) is 2.23. The van der Waals surface area contributed by atoms with Gasteiger partial charge in [0, 0.05) is 12.8 Å². The monoisotopic (exact) mass is 237 g/mol. The number of amidine groups is 1. The highest BCUT2D eigenvalue weighted by molar-refractivity contribution is 5.87. The quantitative estimate of drug-likeness (QED) is 0.308. The smallest absolute Gasteiger partial charge is 0.152 e. The number of hydrogen-bond acceptors (Lipinski definition) is 3. The predicted molar refractivity (Wildman–Crippen MR) is 73.6 cm³/mol. The van der Waals surface area contributed by atoms with Gasteiger partial charge in [0.1, 0.15) is 5.84 Å². The molecule has 0 spiro atoms. The molecular formula is C13H23N3O. The highest BCUT2D eigenvalue weighted by Crippen LogP contribution is 1.99. The number of rotatable bonds is 6. The molecule has 0 fully saturated rings. The van der Waals surface area contributed by atoms with Crippen LogP contribution >= 0.6 is 0 Å². The van der Waals surface area contributed by atoms with E-state index in [-0.39, 0.29) is 5.78 Å². The number of hydrogen-bond donors (Lipinski definition) is 0. The van der Waals surface area contributed by atoms with Crippen molar-refractivity contribution < 1.29 is 4.79 Å². The lowest BCUT2D eigenvalue weighted by Crippen LogP contribution is -2.25. The van der Waals surface area contributed by atoms with E-state index in [1.165, 1.54) is 6.92 Å². The lowest BCUT2D eigenvalue weighted by Gasteiger charge is -2.17. The van der Waals surface area contributed by atoms with Gasteiger partial charge >= 0.3 is 0 Å². The first-order valence-corrected chi connectivity index (χ1v) is 5.93. The van der Waals surface area contributed by atoms with Crippen molar-refractivity contribution in [2.45, 2.75) is 40.5 Å². The first-order chi connectivity index (χ1) is 8.01. The summed E-state index contributed by atoms with van der Waals surface area (Å²) in [6, 6.07) is 0. The summed E-state index contributed by atoms with van der Waals surface area (Å²) in [7, 11) is 1.74. The minimum atomic E-state index is 0.0466. The van der Waals surface area contributed by atoms with Crippen molar-refractivity contribution in [1.82, 2.24) is 5.01 Å². The highest BCUT2D eigenvalue weighted by Gasteiger charge is 2.03. The zero-order valence-electron chi connectivity index (χ0n) is 11.5. The summed E-state index contributed by atoms with van der Waals surface area (Å²) >= 11 is 0. The zero-order valence-corrected chi connectivity index (χ0v) is 11.5. The molecule has 96 valence electrons. The van der Waals surface area contributed by atoms with Gasteiger partial charge in [0.05, 0.1) is 6.54 Å². The van der Waals surface area contributed by atoms with Gasteiger partial charge in [0.2, 0.25) is 0 Å². The normalized spacial score (nSPS) is 13.2. The van der Waals surface area contributed by atoms with Gasteiger partial charge in [-0.2, -0.15) is 5.10 Å².